The minimum atomic E-state index is -0.980. The fourth-order valence-corrected chi connectivity index (χ4v) is 3.61. The van der Waals surface area contributed by atoms with E-state index in [0.29, 0.717) is 30.0 Å². The van der Waals surface area contributed by atoms with Gasteiger partial charge in [0.1, 0.15) is 5.82 Å². The fraction of sp³-hybridized carbons (Fsp3) is 0.286. The molecule has 27 heavy (non-hydrogen) atoms. The molecule has 1 atom stereocenters. The summed E-state index contributed by atoms with van der Waals surface area (Å²) in [5.74, 6) is -0.115. The maximum atomic E-state index is 11.9. The number of para-hydroxylation sites is 1. The molecule has 0 bridgehead atoms. The number of aromatic carboxylic acids is 1. The number of aromatic nitrogens is 2. The highest BCUT2D eigenvalue weighted by Gasteiger charge is 2.22. The van der Waals surface area contributed by atoms with Crippen molar-refractivity contribution >= 4 is 22.7 Å². The lowest BCUT2D eigenvalue weighted by atomic mass is 9.98. The van der Waals surface area contributed by atoms with Gasteiger partial charge in [-0.3, -0.25) is 0 Å². The fourth-order valence-electron chi connectivity index (χ4n) is 3.61. The van der Waals surface area contributed by atoms with Crippen molar-refractivity contribution in [1.82, 2.24) is 9.97 Å². The largest absolute Gasteiger partial charge is 0.478 e. The van der Waals surface area contributed by atoms with Crippen LogP contribution in [-0.4, -0.2) is 46.8 Å². The second-order valence-corrected chi connectivity index (χ2v) is 6.81. The van der Waals surface area contributed by atoms with Crippen LogP contribution in [0.15, 0.2) is 42.6 Å². The Balaban J connectivity index is 1.80. The highest BCUT2D eigenvalue weighted by Crippen LogP contribution is 2.30. The number of rotatable bonds is 3. The summed E-state index contributed by atoms with van der Waals surface area (Å²) in [5.41, 5.74) is 2.87. The van der Waals surface area contributed by atoms with Crippen molar-refractivity contribution in [3.05, 3.63) is 53.7 Å². The normalized spacial score (nSPS) is 17.3. The van der Waals surface area contributed by atoms with Crippen molar-refractivity contribution in [3.63, 3.8) is 0 Å². The molecule has 0 spiro atoms. The predicted molar refractivity (Wildman–Crippen MR) is 104 cm³/mol. The van der Waals surface area contributed by atoms with Crippen molar-refractivity contribution < 1.29 is 14.6 Å². The number of aryl methyl sites for hydroxylation is 1. The van der Waals surface area contributed by atoms with Crippen LogP contribution in [0.3, 0.4) is 0 Å². The minimum absolute atomic E-state index is 0.225. The van der Waals surface area contributed by atoms with E-state index < -0.39 is 5.97 Å². The Labute approximate surface area is 157 Å². The molecule has 6 nitrogen and oxygen atoms in total. The first-order chi connectivity index (χ1) is 13.1. The van der Waals surface area contributed by atoms with E-state index in [9.17, 15) is 9.90 Å². The maximum absolute atomic E-state index is 11.9. The number of pyridine rings is 2. The zero-order valence-corrected chi connectivity index (χ0v) is 15.3. The maximum Gasteiger partial charge on any atom is 0.338 e. The zero-order valence-electron chi connectivity index (χ0n) is 15.3. The number of morpholine rings is 1. The van der Waals surface area contributed by atoms with E-state index in [-0.39, 0.29) is 11.6 Å². The molecular weight excluding hydrogens is 342 g/mol. The van der Waals surface area contributed by atoms with Crippen LogP contribution in [0.25, 0.3) is 22.2 Å². The Morgan fingerprint density at radius 2 is 2.07 bits per heavy atom. The lowest BCUT2D eigenvalue weighted by Crippen LogP contribution is -2.44. The molecule has 0 saturated carbocycles. The first-order valence-electron chi connectivity index (χ1n) is 8.99. The summed E-state index contributed by atoms with van der Waals surface area (Å²) in [6, 6.07) is 11.7. The topological polar surface area (TPSA) is 75.5 Å². The van der Waals surface area contributed by atoms with Crippen LogP contribution in [0.2, 0.25) is 0 Å². The molecule has 4 rings (SSSR count). The number of nitrogens with zero attached hydrogens (tertiary/aromatic N) is 3. The second-order valence-electron chi connectivity index (χ2n) is 6.81. The van der Waals surface area contributed by atoms with E-state index in [0.717, 1.165) is 23.3 Å². The lowest BCUT2D eigenvalue weighted by Gasteiger charge is -2.34. The van der Waals surface area contributed by atoms with Crippen LogP contribution in [0.1, 0.15) is 22.8 Å². The van der Waals surface area contributed by atoms with Crippen molar-refractivity contribution in [2.75, 3.05) is 24.7 Å². The van der Waals surface area contributed by atoms with E-state index in [2.05, 4.69) is 21.8 Å². The highest BCUT2D eigenvalue weighted by molar-refractivity contribution is 6.02. The van der Waals surface area contributed by atoms with Crippen molar-refractivity contribution in [3.8, 4) is 11.3 Å². The monoisotopic (exact) mass is 363 g/mol. The summed E-state index contributed by atoms with van der Waals surface area (Å²) in [6.07, 6.45) is 1.71. The van der Waals surface area contributed by atoms with Gasteiger partial charge in [0.15, 0.2) is 0 Å². The van der Waals surface area contributed by atoms with Gasteiger partial charge in [-0.1, -0.05) is 18.2 Å². The zero-order chi connectivity index (χ0) is 19.0. The molecule has 1 aromatic carbocycles. The Morgan fingerprint density at radius 1 is 1.26 bits per heavy atom. The van der Waals surface area contributed by atoms with E-state index >= 15 is 0 Å². The molecule has 138 valence electrons. The van der Waals surface area contributed by atoms with Gasteiger partial charge in [0.2, 0.25) is 0 Å². The average Bonchev–Trinajstić information content (AvgIpc) is 2.68. The molecule has 6 heteroatoms. The van der Waals surface area contributed by atoms with Crippen LogP contribution in [0, 0.1) is 6.92 Å². The third kappa shape index (κ3) is 3.13. The van der Waals surface area contributed by atoms with E-state index in [1.807, 2.05) is 43.3 Å². The minimum Gasteiger partial charge on any atom is -0.478 e. The molecular formula is C21H21N3O3. The summed E-state index contributed by atoms with van der Waals surface area (Å²) < 4.78 is 5.48. The van der Waals surface area contributed by atoms with Gasteiger partial charge in [0.05, 0.1) is 36.0 Å². The van der Waals surface area contributed by atoms with E-state index in [1.54, 1.807) is 6.20 Å². The summed E-state index contributed by atoms with van der Waals surface area (Å²) >= 11 is 0. The van der Waals surface area contributed by atoms with Gasteiger partial charge < -0.3 is 14.7 Å². The highest BCUT2D eigenvalue weighted by atomic mass is 16.5. The van der Waals surface area contributed by atoms with Gasteiger partial charge >= 0.3 is 5.97 Å². The van der Waals surface area contributed by atoms with Crippen molar-refractivity contribution in [1.29, 1.82) is 0 Å². The number of ether oxygens (including phenoxy) is 1. The lowest BCUT2D eigenvalue weighted by molar-refractivity contribution is 0.0697. The molecule has 0 unspecified atom stereocenters. The van der Waals surface area contributed by atoms with Gasteiger partial charge in [0, 0.05) is 23.7 Å². The molecule has 0 amide bonds. The molecule has 3 heterocycles. The Morgan fingerprint density at radius 3 is 2.78 bits per heavy atom. The number of carbonyl (C=O) groups is 1. The second kappa shape index (κ2) is 6.96. The number of carboxylic acids is 1. The number of anilines is 1. The number of hydrogen-bond donors (Lipinski definition) is 1. The van der Waals surface area contributed by atoms with Crippen LogP contribution in [-0.2, 0) is 4.74 Å². The van der Waals surface area contributed by atoms with Crippen LogP contribution in [0.5, 0.6) is 0 Å². The molecule has 3 aromatic rings. The van der Waals surface area contributed by atoms with Crippen molar-refractivity contribution in [2.24, 2.45) is 0 Å². The van der Waals surface area contributed by atoms with Gasteiger partial charge in [-0.15, -0.1) is 0 Å². The third-order valence-corrected chi connectivity index (χ3v) is 5.05. The van der Waals surface area contributed by atoms with Gasteiger partial charge in [-0.25, -0.2) is 14.8 Å². The van der Waals surface area contributed by atoms with Crippen LogP contribution >= 0.6 is 0 Å². The summed E-state index contributed by atoms with van der Waals surface area (Å²) in [4.78, 5) is 23.3. The Kier molecular flexibility index (Phi) is 4.49. The first kappa shape index (κ1) is 17.4. The molecule has 1 fully saturated rings. The van der Waals surface area contributed by atoms with Crippen LogP contribution < -0.4 is 4.90 Å². The molecule has 2 aromatic heterocycles. The summed E-state index contributed by atoms with van der Waals surface area (Å²) in [6.45, 7) is 6.08. The molecule has 0 radical (unpaired) electrons. The molecule has 1 aliphatic heterocycles. The predicted octanol–water partition coefficient (Wildman–Crippen LogP) is 3.53. The SMILES string of the molecule is Cc1c(C(=O)O)c(-c2ccc(N3CCOC[C@@H]3C)nc2)nc2ccccc12. The first-order valence-corrected chi connectivity index (χ1v) is 8.99. The van der Waals surface area contributed by atoms with Gasteiger partial charge in [0.25, 0.3) is 0 Å². The third-order valence-electron chi connectivity index (χ3n) is 5.05. The summed E-state index contributed by atoms with van der Waals surface area (Å²) in [7, 11) is 0. The molecule has 1 N–H and O–H groups in total. The van der Waals surface area contributed by atoms with Gasteiger partial charge in [-0.05, 0) is 37.6 Å². The number of fused-ring (bicyclic) bond motifs is 1. The molecule has 1 aliphatic rings. The Bertz CT molecular complexity index is 1000. The number of benzene rings is 1. The number of hydrogen-bond acceptors (Lipinski definition) is 5. The summed E-state index contributed by atoms with van der Waals surface area (Å²) in [5, 5.41) is 10.6. The Hall–Kier alpha value is -2.99. The standard InChI is InChI=1S/C21H21N3O3/c1-13-12-27-10-9-24(13)18-8-7-15(11-22-18)20-19(21(25)26)14(2)16-5-3-4-6-17(16)23-20/h3-8,11,13H,9-10,12H2,1-2H3,(H,25,26)/t13-/m0/s1. The van der Waals surface area contributed by atoms with Crippen molar-refractivity contribution in [2.45, 2.75) is 19.9 Å². The number of carboxylic acid groups (broad SMARTS) is 1. The van der Waals surface area contributed by atoms with Gasteiger partial charge in [-0.2, -0.15) is 0 Å². The van der Waals surface area contributed by atoms with Crippen LogP contribution in [0.4, 0.5) is 5.82 Å². The molecule has 1 saturated heterocycles. The smallest absolute Gasteiger partial charge is 0.338 e. The molecule has 0 aliphatic carbocycles. The van der Waals surface area contributed by atoms with E-state index in [1.165, 1.54) is 0 Å². The van der Waals surface area contributed by atoms with E-state index in [4.69, 9.17) is 4.74 Å². The quantitative estimate of drug-likeness (QED) is 0.767. The average molecular weight is 363 g/mol.